The Morgan fingerprint density at radius 1 is 1.26 bits per heavy atom. The van der Waals surface area contributed by atoms with Crippen molar-refractivity contribution in [3.8, 4) is 0 Å². The van der Waals surface area contributed by atoms with Gasteiger partial charge < -0.3 is 5.32 Å². The van der Waals surface area contributed by atoms with Gasteiger partial charge in [-0.3, -0.25) is 4.98 Å². The molecule has 2 aliphatic rings. The smallest absolute Gasteiger partial charge is 0.141 e. The van der Waals surface area contributed by atoms with Crippen molar-refractivity contribution in [3.05, 3.63) is 29.8 Å². The maximum absolute atomic E-state index is 12.9. The molecule has 2 fully saturated rings. The van der Waals surface area contributed by atoms with Crippen LogP contribution in [0.4, 0.5) is 4.39 Å². The molecule has 2 bridgehead atoms. The normalized spacial score (nSPS) is 32.5. The minimum atomic E-state index is -0.267. The Morgan fingerprint density at radius 2 is 2.11 bits per heavy atom. The van der Waals surface area contributed by atoms with E-state index in [-0.39, 0.29) is 11.9 Å². The molecule has 1 aromatic rings. The lowest BCUT2D eigenvalue weighted by Crippen LogP contribution is -2.38. The Balaban J connectivity index is 1.60. The van der Waals surface area contributed by atoms with Crippen LogP contribution in [0.2, 0.25) is 0 Å². The van der Waals surface area contributed by atoms with Gasteiger partial charge in [0.2, 0.25) is 0 Å². The van der Waals surface area contributed by atoms with Gasteiger partial charge in [0.05, 0.1) is 11.9 Å². The van der Waals surface area contributed by atoms with Crippen LogP contribution in [0.5, 0.6) is 0 Å². The molecule has 2 aliphatic carbocycles. The van der Waals surface area contributed by atoms with E-state index in [1.807, 2.05) is 0 Å². The summed E-state index contributed by atoms with van der Waals surface area (Å²) in [7, 11) is 0. The summed E-state index contributed by atoms with van der Waals surface area (Å²) in [5.74, 6) is 2.47. The quantitative estimate of drug-likeness (QED) is 0.895. The highest BCUT2D eigenvalue weighted by molar-refractivity contribution is 5.09. The van der Waals surface area contributed by atoms with Gasteiger partial charge in [0.15, 0.2) is 0 Å². The van der Waals surface area contributed by atoms with E-state index >= 15 is 0 Å². The summed E-state index contributed by atoms with van der Waals surface area (Å²) in [6.45, 7) is 4.41. The third kappa shape index (κ3) is 2.66. The monoisotopic (exact) mass is 262 g/mol. The summed E-state index contributed by atoms with van der Waals surface area (Å²) in [5.41, 5.74) is 0.927. The van der Waals surface area contributed by atoms with Gasteiger partial charge in [-0.15, -0.1) is 0 Å². The Bertz CT molecular complexity index is 431. The van der Waals surface area contributed by atoms with Crippen LogP contribution in [0.3, 0.4) is 0 Å². The van der Waals surface area contributed by atoms with E-state index < -0.39 is 0 Å². The van der Waals surface area contributed by atoms with Crippen LogP contribution in [-0.2, 0) is 0 Å². The first kappa shape index (κ1) is 13.0. The fraction of sp³-hybridized carbons (Fsp3) is 0.688. The van der Waals surface area contributed by atoms with Crippen molar-refractivity contribution in [2.45, 2.75) is 51.6 Å². The molecular formula is C16H23FN2. The molecule has 0 aromatic carbocycles. The number of rotatable bonds is 4. The summed E-state index contributed by atoms with van der Waals surface area (Å²) < 4.78 is 12.9. The second kappa shape index (κ2) is 5.20. The third-order valence-corrected chi connectivity index (χ3v) is 5.14. The summed E-state index contributed by atoms with van der Waals surface area (Å²) in [5, 5.41) is 3.66. The zero-order valence-corrected chi connectivity index (χ0v) is 11.8. The number of hydrogen-bond donors (Lipinski definition) is 1. The SMILES string of the molecule is CC(NC(C)C1CC2CCC1C2)c1ccc(F)cn1. The molecule has 19 heavy (non-hydrogen) atoms. The van der Waals surface area contributed by atoms with Gasteiger partial charge in [-0.1, -0.05) is 6.42 Å². The summed E-state index contributed by atoms with van der Waals surface area (Å²) in [4.78, 5) is 4.17. The Hall–Kier alpha value is -0.960. The van der Waals surface area contributed by atoms with Crippen LogP contribution in [0.15, 0.2) is 18.3 Å². The van der Waals surface area contributed by atoms with Gasteiger partial charge in [0, 0.05) is 12.1 Å². The van der Waals surface area contributed by atoms with Gasteiger partial charge in [-0.25, -0.2) is 4.39 Å². The van der Waals surface area contributed by atoms with Crippen molar-refractivity contribution < 1.29 is 4.39 Å². The highest BCUT2D eigenvalue weighted by Gasteiger charge is 2.41. The van der Waals surface area contributed by atoms with E-state index in [2.05, 4.69) is 24.1 Å². The maximum Gasteiger partial charge on any atom is 0.141 e. The van der Waals surface area contributed by atoms with E-state index in [0.29, 0.717) is 6.04 Å². The van der Waals surface area contributed by atoms with Crippen LogP contribution in [-0.4, -0.2) is 11.0 Å². The molecule has 0 saturated heterocycles. The Labute approximate surface area is 114 Å². The fourth-order valence-corrected chi connectivity index (χ4v) is 4.15. The molecule has 2 saturated carbocycles. The zero-order chi connectivity index (χ0) is 13.4. The average Bonchev–Trinajstić information content (AvgIpc) is 3.01. The van der Waals surface area contributed by atoms with Gasteiger partial charge in [-0.05, 0) is 63.0 Å². The lowest BCUT2D eigenvalue weighted by Gasteiger charge is -2.30. The molecule has 104 valence electrons. The van der Waals surface area contributed by atoms with Crippen LogP contribution in [0.1, 0.15) is 51.3 Å². The van der Waals surface area contributed by atoms with Crippen LogP contribution < -0.4 is 5.32 Å². The number of halogens is 1. The molecule has 3 heteroatoms. The van der Waals surface area contributed by atoms with Gasteiger partial charge in [0.1, 0.15) is 5.82 Å². The van der Waals surface area contributed by atoms with Crippen molar-refractivity contribution in [3.63, 3.8) is 0 Å². The predicted octanol–water partition coefficient (Wildman–Crippen LogP) is 3.70. The van der Waals surface area contributed by atoms with Gasteiger partial charge in [-0.2, -0.15) is 0 Å². The molecule has 0 aliphatic heterocycles. The van der Waals surface area contributed by atoms with E-state index in [0.717, 1.165) is 23.4 Å². The highest BCUT2D eigenvalue weighted by Crippen LogP contribution is 2.49. The molecule has 2 nitrogen and oxygen atoms in total. The number of pyridine rings is 1. The molecule has 5 atom stereocenters. The predicted molar refractivity (Wildman–Crippen MR) is 74.1 cm³/mol. The van der Waals surface area contributed by atoms with Crippen LogP contribution in [0, 0.1) is 23.6 Å². The van der Waals surface area contributed by atoms with Crippen molar-refractivity contribution >= 4 is 0 Å². The first-order valence-electron chi connectivity index (χ1n) is 7.51. The Morgan fingerprint density at radius 3 is 2.68 bits per heavy atom. The molecular weight excluding hydrogens is 239 g/mol. The van der Waals surface area contributed by atoms with Crippen molar-refractivity contribution in [1.29, 1.82) is 0 Å². The van der Waals surface area contributed by atoms with Gasteiger partial charge >= 0.3 is 0 Å². The lowest BCUT2D eigenvalue weighted by molar-refractivity contribution is 0.247. The standard InChI is InChI=1S/C16H23FN2/c1-10(15-8-12-3-4-13(15)7-12)19-11(2)16-6-5-14(17)9-18-16/h5-6,9-13,15,19H,3-4,7-8H2,1-2H3. The van der Waals surface area contributed by atoms with E-state index in [4.69, 9.17) is 0 Å². The highest BCUT2D eigenvalue weighted by atomic mass is 19.1. The zero-order valence-electron chi connectivity index (χ0n) is 11.8. The molecule has 0 amide bonds. The molecule has 1 aromatic heterocycles. The second-order valence-corrected chi connectivity index (χ2v) is 6.42. The topological polar surface area (TPSA) is 24.9 Å². The van der Waals surface area contributed by atoms with Crippen molar-refractivity contribution in [2.75, 3.05) is 0 Å². The van der Waals surface area contributed by atoms with Gasteiger partial charge in [0.25, 0.3) is 0 Å². The van der Waals surface area contributed by atoms with E-state index in [9.17, 15) is 4.39 Å². The number of fused-ring (bicyclic) bond motifs is 2. The molecule has 5 unspecified atom stereocenters. The van der Waals surface area contributed by atoms with E-state index in [1.165, 1.54) is 37.9 Å². The first-order chi connectivity index (χ1) is 9.13. The van der Waals surface area contributed by atoms with Crippen LogP contribution >= 0.6 is 0 Å². The molecule has 0 spiro atoms. The van der Waals surface area contributed by atoms with Crippen LogP contribution in [0.25, 0.3) is 0 Å². The first-order valence-corrected chi connectivity index (χ1v) is 7.51. The molecule has 3 rings (SSSR count). The summed E-state index contributed by atoms with van der Waals surface area (Å²) in [6, 6.07) is 3.98. The number of hydrogen-bond acceptors (Lipinski definition) is 2. The average molecular weight is 262 g/mol. The minimum absolute atomic E-state index is 0.190. The largest absolute Gasteiger partial charge is 0.306 e. The number of aromatic nitrogens is 1. The minimum Gasteiger partial charge on any atom is -0.306 e. The molecule has 0 radical (unpaired) electrons. The van der Waals surface area contributed by atoms with Crippen molar-refractivity contribution in [2.24, 2.45) is 17.8 Å². The summed E-state index contributed by atoms with van der Waals surface area (Å²) in [6.07, 6.45) is 7.01. The molecule has 1 N–H and O–H groups in total. The number of nitrogens with one attached hydrogen (secondary N) is 1. The van der Waals surface area contributed by atoms with Crippen molar-refractivity contribution in [1.82, 2.24) is 10.3 Å². The van der Waals surface area contributed by atoms with E-state index in [1.54, 1.807) is 6.07 Å². The fourth-order valence-electron chi connectivity index (χ4n) is 4.15. The number of nitrogens with zero attached hydrogens (tertiary/aromatic N) is 1. The third-order valence-electron chi connectivity index (χ3n) is 5.14. The molecule has 1 heterocycles. The Kier molecular flexibility index (Phi) is 3.57. The summed E-state index contributed by atoms with van der Waals surface area (Å²) >= 11 is 0. The maximum atomic E-state index is 12.9. The second-order valence-electron chi connectivity index (χ2n) is 6.42. The lowest BCUT2D eigenvalue weighted by atomic mass is 9.83.